The van der Waals surface area contributed by atoms with Crippen molar-refractivity contribution < 1.29 is 80.2 Å². The zero-order valence-corrected chi connectivity index (χ0v) is 67.6. The van der Waals surface area contributed by atoms with Crippen LogP contribution in [0.1, 0.15) is 415 Å². The van der Waals surface area contributed by atoms with Crippen LogP contribution in [0.15, 0.2) is 0 Å². The number of aliphatic hydroxyl groups excluding tert-OH is 1. The van der Waals surface area contributed by atoms with Crippen molar-refractivity contribution in [2.75, 3.05) is 39.6 Å². The second-order valence-corrected chi connectivity index (χ2v) is 33.3. The molecule has 0 radical (unpaired) electrons. The van der Waals surface area contributed by atoms with Gasteiger partial charge in [-0.2, -0.15) is 0 Å². The minimum absolute atomic E-state index is 0.104. The third kappa shape index (κ3) is 70.4. The van der Waals surface area contributed by atoms with Crippen molar-refractivity contribution in [1.29, 1.82) is 0 Å². The largest absolute Gasteiger partial charge is 0.472 e. The number of ether oxygens (including phenoxy) is 4. The van der Waals surface area contributed by atoms with Gasteiger partial charge in [0.1, 0.15) is 19.3 Å². The minimum atomic E-state index is -4.96. The smallest absolute Gasteiger partial charge is 0.462 e. The molecule has 0 heterocycles. The van der Waals surface area contributed by atoms with Gasteiger partial charge < -0.3 is 33.8 Å². The fraction of sp³-hybridized carbons (Fsp3) is 0.951. The summed E-state index contributed by atoms with van der Waals surface area (Å²) < 4.78 is 68.7. The van der Waals surface area contributed by atoms with Crippen molar-refractivity contribution in [3.8, 4) is 0 Å². The van der Waals surface area contributed by atoms with E-state index in [2.05, 4.69) is 55.4 Å². The first-order chi connectivity index (χ1) is 48.2. The van der Waals surface area contributed by atoms with Gasteiger partial charge in [0.15, 0.2) is 12.2 Å². The number of carbonyl (C=O) groups is 4. The highest BCUT2D eigenvalue weighted by Crippen LogP contribution is 2.45. The SMILES string of the molecule is CCC(C)CCCCCCCCCCCCCCCCC(=O)OC[C@H](COP(=O)(O)OC[C@@H](O)COP(=O)(O)OC[C@@H](COC(=O)CCCCCCCCCCC(C)CC)OC(=O)CCCCCCCCCCC(C)CC)OC(=O)CCCCCCCCCCCCCCCCCC(C)C. The van der Waals surface area contributed by atoms with E-state index < -0.39 is 97.5 Å². The van der Waals surface area contributed by atoms with Crippen LogP contribution < -0.4 is 0 Å². The Hall–Kier alpha value is -1.94. The quantitative estimate of drug-likeness (QED) is 0.0222. The van der Waals surface area contributed by atoms with Crippen molar-refractivity contribution in [2.45, 2.75) is 433 Å². The highest BCUT2D eigenvalue weighted by atomic mass is 31.2. The Kier molecular flexibility index (Phi) is 68.7. The van der Waals surface area contributed by atoms with Crippen molar-refractivity contribution in [2.24, 2.45) is 23.7 Å². The van der Waals surface area contributed by atoms with Crippen molar-refractivity contribution in [1.82, 2.24) is 0 Å². The van der Waals surface area contributed by atoms with Gasteiger partial charge in [-0.15, -0.1) is 0 Å². The highest BCUT2D eigenvalue weighted by molar-refractivity contribution is 7.47. The maximum absolute atomic E-state index is 13.1. The normalized spacial score (nSPS) is 14.8. The van der Waals surface area contributed by atoms with E-state index in [0.717, 1.165) is 114 Å². The molecule has 0 amide bonds. The van der Waals surface area contributed by atoms with E-state index in [9.17, 15) is 43.2 Å². The molecule has 0 aromatic rings. The predicted molar refractivity (Wildman–Crippen MR) is 409 cm³/mol. The molecule has 17 nitrogen and oxygen atoms in total. The molecule has 594 valence electrons. The van der Waals surface area contributed by atoms with Gasteiger partial charge in [0.05, 0.1) is 26.4 Å². The van der Waals surface area contributed by atoms with Gasteiger partial charge in [-0.25, -0.2) is 9.13 Å². The van der Waals surface area contributed by atoms with E-state index in [1.807, 2.05) is 0 Å². The molecule has 100 heavy (non-hydrogen) atoms. The van der Waals surface area contributed by atoms with Crippen molar-refractivity contribution in [3.05, 3.63) is 0 Å². The van der Waals surface area contributed by atoms with Crippen LogP contribution in [0.2, 0.25) is 0 Å². The second-order valence-electron chi connectivity index (χ2n) is 30.4. The van der Waals surface area contributed by atoms with Crippen LogP contribution in [-0.4, -0.2) is 96.7 Å². The van der Waals surface area contributed by atoms with Crippen LogP contribution in [-0.2, 0) is 65.4 Å². The number of carbonyl (C=O) groups excluding carboxylic acids is 4. The summed E-state index contributed by atoms with van der Waals surface area (Å²) in [6, 6.07) is 0. The first kappa shape index (κ1) is 98.1. The number of hydrogen-bond donors (Lipinski definition) is 3. The predicted octanol–water partition coefficient (Wildman–Crippen LogP) is 24.0. The van der Waals surface area contributed by atoms with Crippen LogP contribution in [0.5, 0.6) is 0 Å². The lowest BCUT2D eigenvalue weighted by molar-refractivity contribution is -0.161. The average molecular weight is 1470 g/mol. The van der Waals surface area contributed by atoms with Crippen molar-refractivity contribution >= 4 is 39.5 Å². The Morgan fingerprint density at radius 1 is 0.280 bits per heavy atom. The molecule has 0 fully saturated rings. The fourth-order valence-electron chi connectivity index (χ4n) is 12.3. The van der Waals surface area contributed by atoms with Gasteiger partial charge >= 0.3 is 39.5 Å². The molecule has 0 rings (SSSR count). The lowest BCUT2D eigenvalue weighted by Gasteiger charge is -2.21. The van der Waals surface area contributed by atoms with Gasteiger partial charge in [-0.1, -0.05) is 364 Å². The Morgan fingerprint density at radius 2 is 0.480 bits per heavy atom. The lowest BCUT2D eigenvalue weighted by atomic mass is 9.99. The van der Waals surface area contributed by atoms with Gasteiger partial charge in [-0.05, 0) is 49.4 Å². The molecule has 0 aliphatic rings. The number of phosphoric acid groups is 2. The number of aliphatic hydroxyl groups is 1. The van der Waals surface area contributed by atoms with E-state index in [-0.39, 0.29) is 25.7 Å². The van der Waals surface area contributed by atoms with E-state index in [0.29, 0.717) is 25.7 Å². The van der Waals surface area contributed by atoms with E-state index >= 15 is 0 Å². The van der Waals surface area contributed by atoms with Crippen LogP contribution in [0.25, 0.3) is 0 Å². The Bertz CT molecular complexity index is 1960. The Morgan fingerprint density at radius 3 is 0.710 bits per heavy atom. The first-order valence-corrected chi connectivity index (χ1v) is 44.8. The summed E-state index contributed by atoms with van der Waals surface area (Å²) in [6.45, 7) is 14.3. The standard InChI is InChI=1S/C81H158O17P2/c1-9-72(6)58-50-42-34-26-22-18-15-16-19-23-27-37-45-53-61-78(83)91-67-76(97-80(85)63-55-47-39-28-24-20-14-12-13-17-21-25-33-41-49-57-71(4)5)69-95-99(87,88)93-65-75(82)66-94-100(89,90)96-70-77(98-81(86)64-56-48-40-32-30-36-44-52-60-74(8)11-3)68-92-79(84)62-54-46-38-31-29-35-43-51-59-73(7)10-2/h71-77,82H,9-70H2,1-8H3,(H,87,88)(H,89,90)/t72?,73?,74?,75-,76-,77-/m1/s1. The third-order valence-corrected chi connectivity index (χ3v) is 21.8. The molecule has 0 saturated heterocycles. The fourth-order valence-corrected chi connectivity index (χ4v) is 13.9. The second kappa shape index (κ2) is 70.1. The molecular weight excluding hydrogens is 1310 g/mol. The Balaban J connectivity index is 5.26. The molecule has 8 atom stereocenters. The van der Waals surface area contributed by atoms with Crippen LogP contribution in [0, 0.1) is 23.7 Å². The summed E-state index contributed by atoms with van der Waals surface area (Å²) in [5.41, 5.74) is 0. The first-order valence-electron chi connectivity index (χ1n) is 41.8. The molecular formula is C81H158O17P2. The summed E-state index contributed by atoms with van der Waals surface area (Å²) in [5.74, 6) is 1.08. The van der Waals surface area contributed by atoms with Crippen LogP contribution in [0.3, 0.4) is 0 Å². The highest BCUT2D eigenvalue weighted by Gasteiger charge is 2.30. The molecule has 0 aliphatic heterocycles. The molecule has 0 aromatic carbocycles. The molecule has 5 unspecified atom stereocenters. The molecule has 19 heteroatoms. The third-order valence-electron chi connectivity index (χ3n) is 19.9. The summed E-state index contributed by atoms with van der Waals surface area (Å²) in [7, 11) is -9.92. The van der Waals surface area contributed by atoms with Gasteiger partial charge in [0, 0.05) is 25.7 Å². The monoisotopic (exact) mass is 1470 g/mol. The molecule has 0 aromatic heterocycles. The van der Waals surface area contributed by atoms with Crippen LogP contribution >= 0.6 is 15.6 Å². The molecule has 0 saturated carbocycles. The molecule has 0 bridgehead atoms. The summed E-state index contributed by atoms with van der Waals surface area (Å²) in [4.78, 5) is 73.0. The zero-order chi connectivity index (χ0) is 73.8. The Labute approximate surface area is 613 Å². The number of unbranched alkanes of at least 4 members (excludes halogenated alkanes) is 41. The number of phosphoric ester groups is 2. The van der Waals surface area contributed by atoms with E-state index in [4.69, 9.17) is 37.0 Å². The van der Waals surface area contributed by atoms with Crippen LogP contribution in [0.4, 0.5) is 0 Å². The van der Waals surface area contributed by atoms with Gasteiger partial charge in [0.2, 0.25) is 0 Å². The van der Waals surface area contributed by atoms with Gasteiger partial charge in [0.25, 0.3) is 0 Å². The lowest BCUT2D eigenvalue weighted by Crippen LogP contribution is -2.30. The van der Waals surface area contributed by atoms with Gasteiger partial charge in [-0.3, -0.25) is 37.3 Å². The molecule has 3 N–H and O–H groups in total. The summed E-state index contributed by atoms with van der Waals surface area (Å²) >= 11 is 0. The number of rotatable bonds is 78. The van der Waals surface area contributed by atoms with E-state index in [1.54, 1.807) is 0 Å². The maximum Gasteiger partial charge on any atom is 0.472 e. The zero-order valence-electron chi connectivity index (χ0n) is 65.8. The topological polar surface area (TPSA) is 237 Å². The average Bonchev–Trinajstić information content (AvgIpc) is 0.917. The van der Waals surface area contributed by atoms with Crippen molar-refractivity contribution in [3.63, 3.8) is 0 Å². The molecule has 0 spiro atoms. The minimum Gasteiger partial charge on any atom is -0.462 e. The summed E-state index contributed by atoms with van der Waals surface area (Å²) in [6.07, 6.45) is 56.7. The van der Waals surface area contributed by atoms with E-state index in [1.165, 1.54) is 218 Å². The summed E-state index contributed by atoms with van der Waals surface area (Å²) in [5, 5.41) is 10.6. The number of hydrogen-bond acceptors (Lipinski definition) is 15. The number of esters is 4. The maximum atomic E-state index is 13.1. The molecule has 0 aliphatic carbocycles.